The van der Waals surface area contributed by atoms with Crippen LogP contribution in [0.4, 0.5) is 0 Å². The van der Waals surface area contributed by atoms with Gasteiger partial charge in [-0.05, 0) is 0 Å². The molecular formula is C18H36O9. The van der Waals surface area contributed by atoms with Crippen molar-refractivity contribution in [3.05, 3.63) is 0 Å². The molecular weight excluding hydrogens is 360 g/mol. The number of hydrogen-bond acceptors (Lipinski definition) is 9. The van der Waals surface area contributed by atoms with Crippen LogP contribution in [0.25, 0.3) is 0 Å². The Bertz CT molecular complexity index is 280. The molecule has 0 saturated carbocycles. The van der Waals surface area contributed by atoms with E-state index in [4.69, 9.17) is 37.9 Å². The summed E-state index contributed by atoms with van der Waals surface area (Å²) in [6, 6.07) is 0. The third-order valence-corrected chi connectivity index (χ3v) is 3.04. The van der Waals surface area contributed by atoms with Crippen LogP contribution in [-0.2, 0) is 42.7 Å². The molecule has 27 heavy (non-hydrogen) atoms. The van der Waals surface area contributed by atoms with Crippen LogP contribution in [0.3, 0.4) is 0 Å². The van der Waals surface area contributed by atoms with Gasteiger partial charge in [-0.1, -0.05) is 0 Å². The molecule has 0 rings (SSSR count). The molecule has 0 aromatic carbocycles. The highest BCUT2D eigenvalue weighted by Gasteiger charge is 1.94. The maximum Gasteiger partial charge on any atom is 0.122 e. The van der Waals surface area contributed by atoms with Gasteiger partial charge in [0.15, 0.2) is 0 Å². The minimum absolute atomic E-state index is 0.424. The number of ether oxygens (including phenoxy) is 8. The second kappa shape index (κ2) is 25.4. The van der Waals surface area contributed by atoms with Crippen molar-refractivity contribution in [2.24, 2.45) is 0 Å². The summed E-state index contributed by atoms with van der Waals surface area (Å²) in [5.74, 6) is 0. The molecule has 0 spiro atoms. The first-order valence-electron chi connectivity index (χ1n) is 9.38. The Morgan fingerprint density at radius 3 is 0.963 bits per heavy atom. The van der Waals surface area contributed by atoms with E-state index in [1.165, 1.54) is 0 Å². The van der Waals surface area contributed by atoms with E-state index in [9.17, 15) is 4.79 Å². The van der Waals surface area contributed by atoms with Gasteiger partial charge in [0, 0.05) is 13.5 Å². The zero-order valence-corrected chi connectivity index (χ0v) is 16.6. The number of rotatable bonds is 24. The van der Waals surface area contributed by atoms with Crippen molar-refractivity contribution in [2.75, 3.05) is 106 Å². The van der Waals surface area contributed by atoms with Gasteiger partial charge >= 0.3 is 0 Å². The van der Waals surface area contributed by atoms with E-state index in [1.54, 1.807) is 7.11 Å². The van der Waals surface area contributed by atoms with Gasteiger partial charge in [0.1, 0.15) is 6.29 Å². The maximum atomic E-state index is 10.1. The summed E-state index contributed by atoms with van der Waals surface area (Å²) in [6.45, 7) is 7.94. The third kappa shape index (κ3) is 25.3. The first-order valence-corrected chi connectivity index (χ1v) is 9.38. The van der Waals surface area contributed by atoms with E-state index in [0.717, 1.165) is 6.29 Å². The van der Waals surface area contributed by atoms with E-state index in [-0.39, 0.29) is 0 Å². The summed E-state index contributed by atoms with van der Waals surface area (Å²) in [6.07, 6.45) is 1.26. The molecule has 9 nitrogen and oxygen atoms in total. The average Bonchev–Trinajstić information content (AvgIpc) is 2.68. The highest BCUT2D eigenvalue weighted by molar-refractivity contribution is 5.49. The second-order valence-corrected chi connectivity index (χ2v) is 5.23. The molecule has 0 aromatic heterocycles. The quantitative estimate of drug-likeness (QED) is 0.169. The van der Waals surface area contributed by atoms with Crippen molar-refractivity contribution >= 4 is 6.29 Å². The third-order valence-electron chi connectivity index (χ3n) is 3.04. The van der Waals surface area contributed by atoms with Gasteiger partial charge in [-0.15, -0.1) is 0 Å². The van der Waals surface area contributed by atoms with E-state index in [2.05, 4.69) is 0 Å². The lowest BCUT2D eigenvalue weighted by Crippen LogP contribution is -2.14. The van der Waals surface area contributed by atoms with Crippen LogP contribution in [0.2, 0.25) is 0 Å². The SMILES string of the molecule is COCCOCCOCCOCCOCCOCCOCCOCCC=O. The number of carbonyl (C=O) groups excluding carboxylic acids is 1. The molecule has 0 fully saturated rings. The Kier molecular flexibility index (Phi) is 24.7. The number of methoxy groups -OCH3 is 1. The van der Waals surface area contributed by atoms with Crippen LogP contribution in [0, 0.1) is 0 Å². The molecule has 9 heteroatoms. The molecule has 0 atom stereocenters. The average molecular weight is 396 g/mol. The Balaban J connectivity index is 2.96. The molecule has 0 aromatic rings. The smallest absolute Gasteiger partial charge is 0.122 e. The van der Waals surface area contributed by atoms with Gasteiger partial charge in [0.25, 0.3) is 0 Å². The zero-order chi connectivity index (χ0) is 19.7. The minimum atomic E-state index is 0.424. The Morgan fingerprint density at radius 1 is 0.444 bits per heavy atom. The normalized spacial score (nSPS) is 11.1. The van der Waals surface area contributed by atoms with Crippen molar-refractivity contribution < 1.29 is 42.7 Å². The summed E-state index contributed by atoms with van der Waals surface area (Å²) >= 11 is 0. The van der Waals surface area contributed by atoms with Gasteiger partial charge in [0.2, 0.25) is 0 Å². The molecule has 0 aliphatic carbocycles. The highest BCUT2D eigenvalue weighted by atomic mass is 16.6. The van der Waals surface area contributed by atoms with E-state index in [1.807, 2.05) is 0 Å². The van der Waals surface area contributed by atoms with Gasteiger partial charge in [-0.3, -0.25) is 0 Å². The number of aldehydes is 1. The number of hydrogen-bond donors (Lipinski definition) is 0. The lowest BCUT2D eigenvalue weighted by atomic mass is 10.5. The molecule has 162 valence electrons. The summed E-state index contributed by atoms with van der Waals surface area (Å²) in [5.41, 5.74) is 0. The van der Waals surface area contributed by atoms with Gasteiger partial charge in [0.05, 0.1) is 99.1 Å². The van der Waals surface area contributed by atoms with Gasteiger partial charge < -0.3 is 42.7 Å². The van der Waals surface area contributed by atoms with Crippen LogP contribution < -0.4 is 0 Å². The van der Waals surface area contributed by atoms with E-state index in [0.29, 0.717) is 106 Å². The summed E-state index contributed by atoms with van der Waals surface area (Å²) in [5, 5.41) is 0. The van der Waals surface area contributed by atoms with Crippen molar-refractivity contribution in [1.82, 2.24) is 0 Å². The van der Waals surface area contributed by atoms with Crippen molar-refractivity contribution in [3.63, 3.8) is 0 Å². The largest absolute Gasteiger partial charge is 0.382 e. The Morgan fingerprint density at radius 2 is 0.704 bits per heavy atom. The molecule has 0 amide bonds. The summed E-state index contributed by atoms with van der Waals surface area (Å²) in [4.78, 5) is 10.1. The highest BCUT2D eigenvalue weighted by Crippen LogP contribution is 1.85. The Hall–Kier alpha value is -0.650. The van der Waals surface area contributed by atoms with Crippen molar-refractivity contribution in [1.29, 1.82) is 0 Å². The van der Waals surface area contributed by atoms with Gasteiger partial charge in [-0.2, -0.15) is 0 Å². The van der Waals surface area contributed by atoms with Crippen LogP contribution in [-0.4, -0.2) is 112 Å². The molecule has 0 aliphatic rings. The first-order chi connectivity index (χ1) is 13.4. The van der Waals surface area contributed by atoms with E-state index < -0.39 is 0 Å². The Labute approximate surface area is 162 Å². The van der Waals surface area contributed by atoms with Crippen LogP contribution in [0.1, 0.15) is 6.42 Å². The standard InChI is InChI=1S/C18H36O9/c1-20-5-6-22-9-10-24-13-14-26-17-18-27-16-15-25-12-11-23-8-7-21-4-2-3-19/h3H,2,4-18H2,1H3. The zero-order valence-electron chi connectivity index (χ0n) is 16.6. The topological polar surface area (TPSA) is 90.9 Å². The number of carbonyl (C=O) groups is 1. The van der Waals surface area contributed by atoms with Crippen LogP contribution in [0.5, 0.6) is 0 Å². The maximum absolute atomic E-state index is 10.1. The fraction of sp³-hybridized carbons (Fsp3) is 0.944. The molecule has 0 radical (unpaired) electrons. The molecule has 0 heterocycles. The summed E-state index contributed by atoms with van der Waals surface area (Å²) < 4.78 is 42.1. The fourth-order valence-corrected chi connectivity index (χ4v) is 1.70. The minimum Gasteiger partial charge on any atom is -0.382 e. The second-order valence-electron chi connectivity index (χ2n) is 5.23. The van der Waals surface area contributed by atoms with Crippen molar-refractivity contribution in [3.8, 4) is 0 Å². The first kappa shape index (κ1) is 26.4. The molecule has 0 N–H and O–H groups in total. The lowest BCUT2D eigenvalue weighted by molar-refractivity contribution is -0.108. The predicted molar refractivity (Wildman–Crippen MR) is 98.3 cm³/mol. The molecule has 0 unspecified atom stereocenters. The van der Waals surface area contributed by atoms with Crippen LogP contribution in [0.15, 0.2) is 0 Å². The fourth-order valence-electron chi connectivity index (χ4n) is 1.70. The predicted octanol–water partition coefficient (Wildman–Crippen LogP) is 0.338. The molecule has 0 bridgehead atoms. The van der Waals surface area contributed by atoms with Crippen LogP contribution >= 0.6 is 0 Å². The monoisotopic (exact) mass is 396 g/mol. The lowest BCUT2D eigenvalue weighted by Gasteiger charge is -2.08. The molecule has 0 aliphatic heterocycles. The van der Waals surface area contributed by atoms with Crippen molar-refractivity contribution in [2.45, 2.75) is 6.42 Å². The summed E-state index contributed by atoms with van der Waals surface area (Å²) in [7, 11) is 1.64. The van der Waals surface area contributed by atoms with Gasteiger partial charge in [-0.25, -0.2) is 0 Å². The van der Waals surface area contributed by atoms with E-state index >= 15 is 0 Å². The molecule has 0 saturated heterocycles.